The van der Waals surface area contributed by atoms with Gasteiger partial charge in [-0.25, -0.2) is 15.0 Å². The molecule has 0 aromatic carbocycles. The van der Waals surface area contributed by atoms with Crippen LogP contribution in [0.3, 0.4) is 0 Å². The van der Waals surface area contributed by atoms with Crippen LogP contribution in [0.2, 0.25) is 0 Å². The molecule has 4 rings (SSSR count). The number of carbonyl (C=O) groups is 1. The third kappa shape index (κ3) is 2.87. The molecule has 24 heavy (non-hydrogen) atoms. The van der Waals surface area contributed by atoms with Gasteiger partial charge in [0.1, 0.15) is 18.1 Å². The van der Waals surface area contributed by atoms with Crippen LogP contribution < -0.4 is 0 Å². The molecule has 2 aromatic heterocycles. The Bertz CT molecular complexity index is 722. The first kappa shape index (κ1) is 15.1. The second-order valence-corrected chi connectivity index (χ2v) is 6.38. The maximum atomic E-state index is 12.6. The predicted octanol–water partition coefficient (Wildman–Crippen LogP) is 1.57. The van der Waals surface area contributed by atoms with Crippen LogP contribution in [0.15, 0.2) is 31.0 Å². The van der Waals surface area contributed by atoms with Crippen LogP contribution in [0.4, 0.5) is 0 Å². The molecule has 0 radical (unpaired) electrons. The van der Waals surface area contributed by atoms with Gasteiger partial charge in [-0.3, -0.25) is 9.78 Å². The smallest absolute Gasteiger partial charge is 0.274 e. The molecule has 0 unspecified atom stereocenters. The first-order valence-corrected chi connectivity index (χ1v) is 8.20. The second-order valence-electron chi connectivity index (χ2n) is 6.38. The van der Waals surface area contributed by atoms with Crippen LogP contribution in [-0.2, 0) is 4.74 Å². The van der Waals surface area contributed by atoms with Gasteiger partial charge in [0.15, 0.2) is 0 Å². The van der Waals surface area contributed by atoms with Crippen molar-refractivity contribution in [3.05, 3.63) is 48.1 Å². The third-order valence-electron chi connectivity index (χ3n) is 4.77. The van der Waals surface area contributed by atoms with E-state index in [4.69, 9.17) is 4.74 Å². The van der Waals surface area contributed by atoms with E-state index in [0.717, 1.165) is 30.8 Å². The van der Waals surface area contributed by atoms with E-state index in [1.165, 1.54) is 0 Å². The third-order valence-corrected chi connectivity index (χ3v) is 4.77. The lowest BCUT2D eigenvalue weighted by Crippen LogP contribution is -2.45. The van der Waals surface area contributed by atoms with Crippen molar-refractivity contribution >= 4 is 5.91 Å². The van der Waals surface area contributed by atoms with Crippen molar-refractivity contribution in [3.63, 3.8) is 0 Å². The van der Waals surface area contributed by atoms with Gasteiger partial charge in [-0.1, -0.05) is 0 Å². The molecule has 2 aliphatic heterocycles. The molecule has 7 nitrogen and oxygen atoms in total. The molecular formula is C17H19N5O2. The Balaban J connectivity index is 1.44. The molecule has 2 aromatic rings. The minimum atomic E-state index is -0.0740. The summed E-state index contributed by atoms with van der Waals surface area (Å²) in [5, 5.41) is 0. The van der Waals surface area contributed by atoms with Crippen LogP contribution in [0.25, 0.3) is 0 Å². The van der Waals surface area contributed by atoms with Crippen molar-refractivity contribution in [3.8, 4) is 0 Å². The summed E-state index contributed by atoms with van der Waals surface area (Å²) in [6.45, 7) is 3.18. The second kappa shape index (κ2) is 6.24. The molecule has 124 valence electrons. The zero-order valence-electron chi connectivity index (χ0n) is 13.5. The van der Waals surface area contributed by atoms with Crippen molar-refractivity contribution in [2.45, 2.75) is 32.0 Å². The number of piperidine rings is 1. The van der Waals surface area contributed by atoms with Gasteiger partial charge in [0.25, 0.3) is 5.91 Å². The molecule has 2 fully saturated rings. The SMILES string of the molecule is Cc1cnc(C(=O)N2CC[C@@H]3C[C@@H](c4ccncn4)O[C@H]3C2)cn1. The number of rotatable bonds is 2. The lowest BCUT2D eigenvalue weighted by Gasteiger charge is -2.33. The van der Waals surface area contributed by atoms with E-state index >= 15 is 0 Å². The Morgan fingerprint density at radius 1 is 1.29 bits per heavy atom. The number of hydrogen-bond acceptors (Lipinski definition) is 6. The summed E-state index contributed by atoms with van der Waals surface area (Å²) in [6, 6.07) is 1.90. The van der Waals surface area contributed by atoms with Crippen LogP contribution in [0, 0.1) is 12.8 Å². The maximum Gasteiger partial charge on any atom is 0.274 e. The number of likely N-dealkylation sites (tertiary alicyclic amines) is 1. The molecule has 0 N–H and O–H groups in total. The fourth-order valence-electron chi connectivity index (χ4n) is 3.46. The standard InChI is InChI=1S/C17H19N5O2/c1-11-7-20-14(8-19-11)17(23)22-5-3-12-6-15(24-16(12)9-22)13-2-4-18-10-21-13/h2,4,7-8,10,12,15-16H,3,5-6,9H2,1H3/t12-,15+,16+/m1/s1. The van der Waals surface area contributed by atoms with E-state index < -0.39 is 0 Å². The monoisotopic (exact) mass is 325 g/mol. The predicted molar refractivity (Wildman–Crippen MR) is 85.0 cm³/mol. The van der Waals surface area contributed by atoms with Gasteiger partial charge in [0.2, 0.25) is 0 Å². The molecule has 1 amide bonds. The van der Waals surface area contributed by atoms with E-state index in [9.17, 15) is 4.79 Å². The highest BCUT2D eigenvalue weighted by Gasteiger charge is 2.41. The number of fused-ring (bicyclic) bond motifs is 1. The number of amides is 1. The molecule has 2 aliphatic rings. The van der Waals surface area contributed by atoms with Gasteiger partial charge >= 0.3 is 0 Å². The van der Waals surface area contributed by atoms with Gasteiger partial charge in [-0.05, 0) is 31.7 Å². The summed E-state index contributed by atoms with van der Waals surface area (Å²) >= 11 is 0. The lowest BCUT2D eigenvalue weighted by molar-refractivity contribution is -0.00582. The summed E-state index contributed by atoms with van der Waals surface area (Å²) in [4.78, 5) is 31.0. The first-order valence-electron chi connectivity index (χ1n) is 8.20. The average Bonchev–Trinajstić information content (AvgIpc) is 3.06. The summed E-state index contributed by atoms with van der Waals surface area (Å²) in [7, 11) is 0. The summed E-state index contributed by atoms with van der Waals surface area (Å²) in [5.74, 6) is 0.396. The Morgan fingerprint density at radius 3 is 2.96 bits per heavy atom. The number of aromatic nitrogens is 4. The van der Waals surface area contributed by atoms with E-state index in [0.29, 0.717) is 18.2 Å². The lowest BCUT2D eigenvalue weighted by atomic mass is 9.91. The van der Waals surface area contributed by atoms with Crippen molar-refractivity contribution in [2.75, 3.05) is 13.1 Å². The zero-order chi connectivity index (χ0) is 16.5. The fourth-order valence-corrected chi connectivity index (χ4v) is 3.46. The highest BCUT2D eigenvalue weighted by atomic mass is 16.5. The number of nitrogens with zero attached hydrogens (tertiary/aromatic N) is 5. The maximum absolute atomic E-state index is 12.6. The molecule has 3 atom stereocenters. The first-order chi connectivity index (χ1) is 11.7. The molecule has 7 heteroatoms. The minimum Gasteiger partial charge on any atom is -0.367 e. The molecule has 2 saturated heterocycles. The molecule has 0 saturated carbocycles. The highest BCUT2D eigenvalue weighted by Crippen LogP contribution is 2.40. The molecule has 4 heterocycles. The van der Waals surface area contributed by atoms with Gasteiger partial charge in [0.05, 0.1) is 23.7 Å². The van der Waals surface area contributed by atoms with Crippen molar-refractivity contribution in [1.29, 1.82) is 0 Å². The molecular weight excluding hydrogens is 306 g/mol. The van der Waals surface area contributed by atoms with Crippen LogP contribution in [-0.4, -0.2) is 49.9 Å². The number of carbonyl (C=O) groups excluding carboxylic acids is 1. The van der Waals surface area contributed by atoms with Crippen molar-refractivity contribution in [1.82, 2.24) is 24.8 Å². The van der Waals surface area contributed by atoms with Crippen LogP contribution in [0.5, 0.6) is 0 Å². The molecule has 0 spiro atoms. The summed E-state index contributed by atoms with van der Waals surface area (Å²) in [6.07, 6.45) is 8.40. The van der Waals surface area contributed by atoms with Crippen molar-refractivity contribution < 1.29 is 9.53 Å². The van der Waals surface area contributed by atoms with Gasteiger partial charge in [-0.2, -0.15) is 0 Å². The Kier molecular flexibility index (Phi) is 3.93. The molecule has 0 aliphatic carbocycles. The largest absolute Gasteiger partial charge is 0.367 e. The Morgan fingerprint density at radius 2 is 2.21 bits per heavy atom. The minimum absolute atomic E-state index is 0.00258. The molecule has 0 bridgehead atoms. The van der Waals surface area contributed by atoms with E-state index in [2.05, 4.69) is 19.9 Å². The Hall–Kier alpha value is -2.41. The van der Waals surface area contributed by atoms with Gasteiger partial charge in [-0.15, -0.1) is 0 Å². The van der Waals surface area contributed by atoms with Crippen LogP contribution in [0.1, 0.15) is 40.8 Å². The van der Waals surface area contributed by atoms with E-state index in [-0.39, 0.29) is 18.1 Å². The Labute approximate surface area is 140 Å². The number of ether oxygens (including phenoxy) is 1. The van der Waals surface area contributed by atoms with Gasteiger partial charge < -0.3 is 9.64 Å². The fraction of sp³-hybridized carbons (Fsp3) is 0.471. The summed E-state index contributed by atoms with van der Waals surface area (Å²) in [5.41, 5.74) is 2.11. The number of aryl methyl sites for hydroxylation is 1. The number of hydrogen-bond donors (Lipinski definition) is 0. The zero-order valence-corrected chi connectivity index (χ0v) is 13.5. The van der Waals surface area contributed by atoms with Crippen molar-refractivity contribution in [2.24, 2.45) is 5.92 Å². The average molecular weight is 325 g/mol. The van der Waals surface area contributed by atoms with Crippen LogP contribution >= 0.6 is 0 Å². The van der Waals surface area contributed by atoms with E-state index in [1.54, 1.807) is 24.9 Å². The highest BCUT2D eigenvalue weighted by molar-refractivity contribution is 5.92. The van der Waals surface area contributed by atoms with Gasteiger partial charge in [0, 0.05) is 25.5 Å². The topological polar surface area (TPSA) is 81.1 Å². The van der Waals surface area contributed by atoms with E-state index in [1.807, 2.05) is 17.9 Å². The quantitative estimate of drug-likeness (QED) is 0.833. The normalized spacial score (nSPS) is 26.2. The summed E-state index contributed by atoms with van der Waals surface area (Å²) < 4.78 is 6.17.